The molecule has 1 fully saturated rings. The van der Waals surface area contributed by atoms with E-state index in [1.54, 1.807) is 17.5 Å². The van der Waals surface area contributed by atoms with Gasteiger partial charge in [-0.2, -0.15) is 0 Å². The van der Waals surface area contributed by atoms with Crippen LogP contribution in [0.3, 0.4) is 0 Å². The van der Waals surface area contributed by atoms with E-state index in [0.29, 0.717) is 12.6 Å². The third-order valence-electron chi connectivity index (χ3n) is 3.40. The lowest BCUT2D eigenvalue weighted by Crippen LogP contribution is -2.16. The summed E-state index contributed by atoms with van der Waals surface area (Å²) in [5.41, 5.74) is 2.07. The van der Waals surface area contributed by atoms with Crippen LogP contribution in [-0.2, 0) is 19.6 Å². The maximum atomic E-state index is 5.74. The molecule has 0 radical (unpaired) electrons. The van der Waals surface area contributed by atoms with Gasteiger partial charge in [-0.3, -0.25) is 4.98 Å². The molecular weight excluding hydrogens is 282 g/mol. The second kappa shape index (κ2) is 7.00. The molecule has 1 N–H and O–H groups in total. The summed E-state index contributed by atoms with van der Waals surface area (Å²) in [6.07, 6.45) is 6.58. The van der Waals surface area contributed by atoms with Crippen LogP contribution in [-0.4, -0.2) is 16.0 Å². The van der Waals surface area contributed by atoms with E-state index in [1.807, 2.05) is 12.1 Å². The number of thiazole rings is 1. The molecule has 0 unspecified atom stereocenters. The van der Waals surface area contributed by atoms with Crippen LogP contribution in [0.15, 0.2) is 23.7 Å². The number of nitrogens with zero attached hydrogens (tertiary/aromatic N) is 2. The Kier molecular flexibility index (Phi) is 4.83. The molecule has 2 heterocycles. The predicted molar refractivity (Wildman–Crippen MR) is 84.5 cm³/mol. The molecule has 0 saturated heterocycles. The highest BCUT2D eigenvalue weighted by molar-refractivity contribution is 7.09. The van der Waals surface area contributed by atoms with Crippen molar-refractivity contribution in [2.24, 2.45) is 0 Å². The highest BCUT2D eigenvalue weighted by Gasteiger charge is 2.20. The van der Waals surface area contributed by atoms with Gasteiger partial charge in [-0.1, -0.05) is 6.92 Å². The molecule has 0 aromatic carbocycles. The van der Waals surface area contributed by atoms with Crippen LogP contribution in [0.5, 0.6) is 5.75 Å². The van der Waals surface area contributed by atoms with Crippen LogP contribution < -0.4 is 10.1 Å². The molecule has 21 heavy (non-hydrogen) atoms. The second-order valence-electron chi connectivity index (χ2n) is 5.41. The van der Waals surface area contributed by atoms with E-state index in [0.717, 1.165) is 36.5 Å². The van der Waals surface area contributed by atoms with Gasteiger partial charge in [0.05, 0.1) is 22.6 Å². The molecule has 112 valence electrons. The summed E-state index contributed by atoms with van der Waals surface area (Å²) in [6.45, 7) is 3.53. The van der Waals surface area contributed by atoms with E-state index in [4.69, 9.17) is 4.74 Å². The molecule has 0 bridgehead atoms. The first-order valence-electron chi connectivity index (χ1n) is 7.58. The first-order valence-corrected chi connectivity index (χ1v) is 8.46. The summed E-state index contributed by atoms with van der Waals surface area (Å²) >= 11 is 1.71. The van der Waals surface area contributed by atoms with Crippen molar-refractivity contribution in [1.82, 2.24) is 15.3 Å². The zero-order valence-corrected chi connectivity index (χ0v) is 13.2. The fraction of sp³-hybridized carbons (Fsp3) is 0.500. The molecule has 5 heteroatoms. The third-order valence-corrected chi connectivity index (χ3v) is 4.35. The number of ether oxygens (including phenoxy) is 1. The minimum absolute atomic E-state index is 0.515. The van der Waals surface area contributed by atoms with E-state index in [1.165, 1.54) is 17.8 Å². The SMILES string of the molecule is CCCc1nc(COc2ccc(CNC3CC3)nc2)cs1. The van der Waals surface area contributed by atoms with Gasteiger partial charge in [-0.15, -0.1) is 11.3 Å². The molecular formula is C16H21N3OS. The molecule has 0 amide bonds. The van der Waals surface area contributed by atoms with Crippen molar-refractivity contribution < 1.29 is 4.74 Å². The Morgan fingerprint density at radius 2 is 2.24 bits per heavy atom. The van der Waals surface area contributed by atoms with E-state index < -0.39 is 0 Å². The lowest BCUT2D eigenvalue weighted by Gasteiger charge is -2.06. The lowest BCUT2D eigenvalue weighted by atomic mass is 10.3. The molecule has 0 atom stereocenters. The third kappa shape index (κ3) is 4.51. The Labute approximate surface area is 129 Å². The monoisotopic (exact) mass is 303 g/mol. The second-order valence-corrected chi connectivity index (χ2v) is 6.35. The fourth-order valence-electron chi connectivity index (χ4n) is 2.04. The van der Waals surface area contributed by atoms with Crippen LogP contribution in [0.2, 0.25) is 0 Å². The molecule has 0 aliphatic heterocycles. The average molecular weight is 303 g/mol. The minimum Gasteiger partial charge on any atom is -0.486 e. The van der Waals surface area contributed by atoms with E-state index >= 15 is 0 Å². The number of pyridine rings is 1. The Hall–Kier alpha value is -1.46. The van der Waals surface area contributed by atoms with Gasteiger partial charge >= 0.3 is 0 Å². The van der Waals surface area contributed by atoms with Gasteiger partial charge in [-0.05, 0) is 37.8 Å². The number of hydrogen-bond acceptors (Lipinski definition) is 5. The summed E-state index contributed by atoms with van der Waals surface area (Å²) in [4.78, 5) is 8.97. The zero-order chi connectivity index (χ0) is 14.5. The van der Waals surface area contributed by atoms with Crippen molar-refractivity contribution in [3.63, 3.8) is 0 Å². The van der Waals surface area contributed by atoms with Crippen LogP contribution >= 0.6 is 11.3 Å². The molecule has 0 spiro atoms. The fourth-order valence-corrected chi connectivity index (χ4v) is 2.92. The highest BCUT2D eigenvalue weighted by atomic mass is 32.1. The predicted octanol–water partition coefficient (Wildman–Crippen LogP) is 3.32. The van der Waals surface area contributed by atoms with Gasteiger partial charge in [0.25, 0.3) is 0 Å². The number of nitrogens with one attached hydrogen (secondary N) is 1. The minimum atomic E-state index is 0.515. The normalized spacial score (nSPS) is 14.3. The van der Waals surface area contributed by atoms with Crippen LogP contribution in [0.4, 0.5) is 0 Å². The topological polar surface area (TPSA) is 47.0 Å². The molecule has 4 nitrogen and oxygen atoms in total. The van der Waals surface area contributed by atoms with Crippen LogP contribution in [0, 0.1) is 0 Å². The number of aromatic nitrogens is 2. The van der Waals surface area contributed by atoms with Crippen molar-refractivity contribution in [1.29, 1.82) is 0 Å². The first kappa shape index (κ1) is 14.5. The van der Waals surface area contributed by atoms with Crippen molar-refractivity contribution in [2.45, 2.75) is 51.8 Å². The van der Waals surface area contributed by atoms with E-state index in [-0.39, 0.29) is 0 Å². The standard InChI is InChI=1S/C16H21N3OS/c1-2-3-16-19-14(11-21-16)10-20-15-7-6-13(18-9-15)8-17-12-4-5-12/h6-7,9,11-12,17H,2-5,8,10H2,1H3. The van der Waals surface area contributed by atoms with Gasteiger partial charge in [0.15, 0.2) is 0 Å². The smallest absolute Gasteiger partial charge is 0.138 e. The number of rotatable bonds is 8. The maximum absolute atomic E-state index is 5.74. The molecule has 2 aromatic rings. The Balaban J connectivity index is 1.47. The Bertz CT molecular complexity index is 563. The molecule has 3 rings (SSSR count). The summed E-state index contributed by atoms with van der Waals surface area (Å²) in [5.74, 6) is 0.801. The van der Waals surface area contributed by atoms with Gasteiger partial charge < -0.3 is 10.1 Å². The van der Waals surface area contributed by atoms with E-state index in [9.17, 15) is 0 Å². The zero-order valence-electron chi connectivity index (χ0n) is 12.3. The number of aryl methyl sites for hydroxylation is 1. The van der Waals surface area contributed by atoms with Gasteiger partial charge in [0.1, 0.15) is 12.4 Å². The average Bonchev–Trinajstić information content (AvgIpc) is 3.24. The van der Waals surface area contributed by atoms with Crippen LogP contribution in [0.1, 0.15) is 42.6 Å². The maximum Gasteiger partial charge on any atom is 0.138 e. The molecule has 1 saturated carbocycles. The van der Waals surface area contributed by atoms with Gasteiger partial charge in [-0.25, -0.2) is 4.98 Å². The Morgan fingerprint density at radius 3 is 2.95 bits per heavy atom. The highest BCUT2D eigenvalue weighted by Crippen LogP contribution is 2.19. The van der Waals surface area contributed by atoms with Crippen molar-refractivity contribution in [2.75, 3.05) is 0 Å². The molecule has 2 aromatic heterocycles. The van der Waals surface area contributed by atoms with Crippen molar-refractivity contribution >= 4 is 11.3 Å². The van der Waals surface area contributed by atoms with Gasteiger partial charge in [0.2, 0.25) is 0 Å². The summed E-state index contributed by atoms with van der Waals surface area (Å²) < 4.78 is 5.74. The van der Waals surface area contributed by atoms with Crippen molar-refractivity contribution in [3.05, 3.63) is 40.1 Å². The number of hydrogen-bond donors (Lipinski definition) is 1. The van der Waals surface area contributed by atoms with E-state index in [2.05, 4.69) is 27.6 Å². The largest absolute Gasteiger partial charge is 0.486 e. The van der Waals surface area contributed by atoms with Crippen LogP contribution in [0.25, 0.3) is 0 Å². The quantitative estimate of drug-likeness (QED) is 0.812. The van der Waals surface area contributed by atoms with Crippen molar-refractivity contribution in [3.8, 4) is 5.75 Å². The first-order chi connectivity index (χ1) is 10.3. The Morgan fingerprint density at radius 1 is 1.33 bits per heavy atom. The summed E-state index contributed by atoms with van der Waals surface area (Å²) in [5, 5.41) is 6.72. The van der Waals surface area contributed by atoms with Gasteiger partial charge in [0, 0.05) is 18.0 Å². The lowest BCUT2D eigenvalue weighted by molar-refractivity contribution is 0.300. The summed E-state index contributed by atoms with van der Waals surface area (Å²) in [6, 6.07) is 4.72. The molecule has 1 aliphatic carbocycles. The molecule has 1 aliphatic rings. The summed E-state index contributed by atoms with van der Waals surface area (Å²) in [7, 11) is 0.